The predicted octanol–water partition coefficient (Wildman–Crippen LogP) is 1.02. The zero-order chi connectivity index (χ0) is 14.2. The van der Waals surface area contributed by atoms with E-state index in [1.54, 1.807) is 0 Å². The van der Waals surface area contributed by atoms with Crippen LogP contribution in [-0.2, 0) is 23.1 Å². The van der Waals surface area contributed by atoms with E-state index in [0.29, 0.717) is 13.2 Å². The van der Waals surface area contributed by atoms with Gasteiger partial charge in [0.1, 0.15) is 0 Å². The summed E-state index contributed by atoms with van der Waals surface area (Å²) in [5.41, 5.74) is 1.97. The molecule has 2 atom stereocenters. The van der Waals surface area contributed by atoms with Gasteiger partial charge in [-0.15, -0.1) is 0 Å². The molecule has 1 aromatic heterocycles. The Kier molecular flexibility index (Phi) is 4.27. The van der Waals surface area contributed by atoms with Crippen LogP contribution in [0.25, 0.3) is 0 Å². The first-order chi connectivity index (χ1) is 8.91. The zero-order valence-corrected chi connectivity index (χ0v) is 12.8. The van der Waals surface area contributed by atoms with Crippen LogP contribution in [0.15, 0.2) is 4.47 Å². The molecule has 0 bridgehead atoms. The topological polar surface area (TPSA) is 67.6 Å². The summed E-state index contributed by atoms with van der Waals surface area (Å²) < 4.78 is 8.10. The third kappa shape index (κ3) is 2.82. The lowest BCUT2D eigenvalue weighted by molar-refractivity contribution is -0.143. The first kappa shape index (κ1) is 14.5. The Morgan fingerprint density at radius 1 is 1.63 bits per heavy atom. The summed E-state index contributed by atoms with van der Waals surface area (Å²) in [5, 5.41) is 13.5. The van der Waals surface area contributed by atoms with Crippen molar-refractivity contribution < 1.29 is 14.6 Å². The molecular weight excluding hydrogens is 314 g/mol. The minimum Gasteiger partial charge on any atom is -0.481 e. The number of carbonyl (C=O) groups is 1. The van der Waals surface area contributed by atoms with Crippen molar-refractivity contribution in [2.75, 3.05) is 20.3 Å². The van der Waals surface area contributed by atoms with Gasteiger partial charge in [0, 0.05) is 19.6 Å². The number of hydrogen-bond acceptors (Lipinski definition) is 4. The largest absolute Gasteiger partial charge is 0.481 e. The van der Waals surface area contributed by atoms with Crippen LogP contribution in [0.3, 0.4) is 0 Å². The van der Waals surface area contributed by atoms with E-state index in [-0.39, 0.29) is 12.6 Å². The Balaban J connectivity index is 2.12. The number of nitrogens with zero attached hydrogens (tertiary/aromatic N) is 3. The molecule has 0 radical (unpaired) electrons. The summed E-state index contributed by atoms with van der Waals surface area (Å²) in [6, 6.07) is -0.0976. The van der Waals surface area contributed by atoms with E-state index in [2.05, 4.69) is 21.0 Å². The third-order valence-electron chi connectivity index (χ3n) is 3.59. The van der Waals surface area contributed by atoms with E-state index >= 15 is 0 Å². The summed E-state index contributed by atoms with van der Waals surface area (Å²) >= 11 is 3.52. The molecule has 106 valence electrons. The monoisotopic (exact) mass is 331 g/mol. The molecular formula is C12H18BrN3O3. The summed E-state index contributed by atoms with van der Waals surface area (Å²) in [5.74, 6) is -1.26. The summed E-state index contributed by atoms with van der Waals surface area (Å²) in [4.78, 5) is 13.2. The molecule has 0 saturated carbocycles. The molecule has 1 aliphatic rings. The Hall–Kier alpha value is -0.920. The van der Waals surface area contributed by atoms with E-state index in [0.717, 1.165) is 15.9 Å². The molecule has 1 saturated heterocycles. The van der Waals surface area contributed by atoms with Gasteiger partial charge in [-0.25, -0.2) is 0 Å². The van der Waals surface area contributed by atoms with Crippen molar-refractivity contribution >= 4 is 21.9 Å². The third-order valence-corrected chi connectivity index (χ3v) is 4.63. The molecule has 1 aliphatic heterocycles. The van der Waals surface area contributed by atoms with Crippen LogP contribution >= 0.6 is 15.9 Å². The molecule has 1 aromatic rings. The number of aromatic nitrogens is 2. The van der Waals surface area contributed by atoms with E-state index in [1.165, 1.54) is 0 Å². The van der Waals surface area contributed by atoms with Gasteiger partial charge in [-0.3, -0.25) is 14.4 Å². The molecule has 0 spiro atoms. The molecule has 0 amide bonds. The second-order valence-electron chi connectivity index (χ2n) is 4.93. The maximum atomic E-state index is 11.2. The van der Waals surface area contributed by atoms with Gasteiger partial charge in [-0.05, 0) is 29.9 Å². The lowest BCUT2D eigenvalue weighted by Gasteiger charge is -2.26. The fourth-order valence-electron chi connectivity index (χ4n) is 2.42. The van der Waals surface area contributed by atoms with Gasteiger partial charge in [-0.1, -0.05) is 0 Å². The SMILES string of the molecule is Cc1nn(C)c(CN(C)C2COCC2C(=O)O)c1Br. The number of halogens is 1. The van der Waals surface area contributed by atoms with Crippen LogP contribution in [-0.4, -0.2) is 52.1 Å². The standard InChI is InChI=1S/C12H18BrN3O3/c1-7-11(13)9(16(3)14-7)4-15(2)10-6-19-5-8(10)12(17)18/h8,10H,4-6H2,1-3H3,(H,17,18). The number of hydrogen-bond donors (Lipinski definition) is 1. The second-order valence-corrected chi connectivity index (χ2v) is 5.73. The van der Waals surface area contributed by atoms with Gasteiger partial charge in [0.2, 0.25) is 0 Å². The van der Waals surface area contributed by atoms with Gasteiger partial charge in [0.05, 0.1) is 35.0 Å². The molecule has 0 aliphatic carbocycles. The highest BCUT2D eigenvalue weighted by atomic mass is 79.9. The van der Waals surface area contributed by atoms with Crippen LogP contribution < -0.4 is 0 Å². The van der Waals surface area contributed by atoms with E-state index in [9.17, 15) is 9.90 Å². The smallest absolute Gasteiger partial charge is 0.310 e. The van der Waals surface area contributed by atoms with E-state index in [4.69, 9.17) is 4.74 Å². The van der Waals surface area contributed by atoms with Crippen LogP contribution in [0, 0.1) is 12.8 Å². The second kappa shape index (κ2) is 5.60. The van der Waals surface area contributed by atoms with Gasteiger partial charge < -0.3 is 9.84 Å². The lowest BCUT2D eigenvalue weighted by atomic mass is 10.0. The van der Waals surface area contributed by atoms with E-state index < -0.39 is 11.9 Å². The molecule has 2 unspecified atom stereocenters. The highest BCUT2D eigenvalue weighted by molar-refractivity contribution is 9.10. The maximum Gasteiger partial charge on any atom is 0.310 e. The molecule has 6 nitrogen and oxygen atoms in total. The number of aliphatic carboxylic acids is 1. The highest BCUT2D eigenvalue weighted by Gasteiger charge is 2.37. The Bertz CT molecular complexity index is 489. The average Bonchev–Trinajstić information content (AvgIpc) is 2.90. The summed E-state index contributed by atoms with van der Waals surface area (Å²) in [6.45, 7) is 3.32. The molecule has 0 aromatic carbocycles. The van der Waals surface area contributed by atoms with Gasteiger partial charge in [0.15, 0.2) is 0 Å². The maximum absolute atomic E-state index is 11.2. The quantitative estimate of drug-likeness (QED) is 0.892. The molecule has 1 fully saturated rings. The molecule has 2 rings (SSSR count). The first-order valence-electron chi connectivity index (χ1n) is 6.10. The van der Waals surface area contributed by atoms with Crippen molar-refractivity contribution in [2.45, 2.75) is 19.5 Å². The van der Waals surface area contributed by atoms with Crippen molar-refractivity contribution in [1.29, 1.82) is 0 Å². The average molecular weight is 332 g/mol. The van der Waals surface area contributed by atoms with Crippen molar-refractivity contribution in [3.05, 3.63) is 15.9 Å². The fraction of sp³-hybridized carbons (Fsp3) is 0.667. The van der Waals surface area contributed by atoms with Crippen molar-refractivity contribution in [3.63, 3.8) is 0 Å². The summed E-state index contributed by atoms with van der Waals surface area (Å²) in [6.07, 6.45) is 0. The highest BCUT2D eigenvalue weighted by Crippen LogP contribution is 2.25. The number of aryl methyl sites for hydroxylation is 2. The number of likely N-dealkylation sites (N-methyl/N-ethyl adjacent to an activating group) is 1. The first-order valence-corrected chi connectivity index (χ1v) is 6.90. The molecule has 19 heavy (non-hydrogen) atoms. The van der Waals surface area contributed by atoms with Crippen molar-refractivity contribution in [3.8, 4) is 0 Å². The van der Waals surface area contributed by atoms with Gasteiger partial charge in [0.25, 0.3) is 0 Å². The van der Waals surface area contributed by atoms with Crippen LogP contribution in [0.2, 0.25) is 0 Å². The normalized spacial score (nSPS) is 23.2. The summed E-state index contributed by atoms with van der Waals surface area (Å²) in [7, 11) is 3.81. The van der Waals surface area contributed by atoms with Gasteiger partial charge in [-0.2, -0.15) is 5.10 Å². The van der Waals surface area contributed by atoms with E-state index in [1.807, 2.05) is 30.6 Å². The predicted molar refractivity (Wildman–Crippen MR) is 72.8 cm³/mol. The van der Waals surface area contributed by atoms with Crippen molar-refractivity contribution in [1.82, 2.24) is 14.7 Å². The van der Waals surface area contributed by atoms with Gasteiger partial charge >= 0.3 is 5.97 Å². The van der Waals surface area contributed by atoms with Crippen LogP contribution in [0.4, 0.5) is 0 Å². The minimum atomic E-state index is -0.797. The fourth-order valence-corrected chi connectivity index (χ4v) is 2.88. The Morgan fingerprint density at radius 2 is 2.32 bits per heavy atom. The minimum absolute atomic E-state index is 0.0976. The Labute approximate surface area is 120 Å². The van der Waals surface area contributed by atoms with Crippen LogP contribution in [0.5, 0.6) is 0 Å². The number of rotatable bonds is 4. The van der Waals surface area contributed by atoms with Crippen LogP contribution in [0.1, 0.15) is 11.4 Å². The van der Waals surface area contributed by atoms with Crippen molar-refractivity contribution in [2.24, 2.45) is 13.0 Å². The molecule has 7 heteroatoms. The molecule has 1 N–H and O–H groups in total. The lowest BCUT2D eigenvalue weighted by Crippen LogP contribution is -2.40. The number of carboxylic acids is 1. The zero-order valence-electron chi connectivity index (χ0n) is 11.3. The number of carboxylic acid groups (broad SMARTS) is 1. The number of ether oxygens (including phenoxy) is 1. The molecule has 2 heterocycles. The Morgan fingerprint density at radius 3 is 2.84 bits per heavy atom.